The number of rotatable bonds is 2. The first-order valence-corrected chi connectivity index (χ1v) is 7.77. The summed E-state index contributed by atoms with van der Waals surface area (Å²) in [5, 5.41) is 3.60. The first kappa shape index (κ1) is 15.0. The molecule has 0 unspecified atom stereocenters. The Bertz CT molecular complexity index is 679. The van der Waals surface area contributed by atoms with Crippen molar-refractivity contribution in [2.24, 2.45) is 0 Å². The zero-order valence-electron chi connectivity index (χ0n) is 13.5. The predicted molar refractivity (Wildman–Crippen MR) is 89.5 cm³/mol. The Kier molecular flexibility index (Phi) is 3.92. The summed E-state index contributed by atoms with van der Waals surface area (Å²) in [6, 6.07) is 13.6. The second kappa shape index (κ2) is 5.73. The molecule has 1 N–H and O–H groups in total. The van der Waals surface area contributed by atoms with Crippen LogP contribution < -0.4 is 10.2 Å². The van der Waals surface area contributed by atoms with Crippen LogP contribution in [0.2, 0.25) is 0 Å². The van der Waals surface area contributed by atoms with Crippen LogP contribution in [0.15, 0.2) is 42.5 Å². The standard InChI is InChI=1S/C19H23FN2/c1-14-8-9-18-16(10-14)11-21-19(2,3)13-22(18)12-15-6-4-5-7-17(15)20/h4-10,21H,11-13H2,1-3H3. The van der Waals surface area contributed by atoms with Crippen LogP contribution in [-0.4, -0.2) is 12.1 Å². The van der Waals surface area contributed by atoms with Gasteiger partial charge in [0.1, 0.15) is 5.82 Å². The van der Waals surface area contributed by atoms with Crippen LogP contribution >= 0.6 is 0 Å². The van der Waals surface area contributed by atoms with E-state index in [1.54, 1.807) is 6.07 Å². The zero-order chi connectivity index (χ0) is 15.7. The van der Waals surface area contributed by atoms with Crippen LogP contribution in [0.25, 0.3) is 0 Å². The van der Waals surface area contributed by atoms with Gasteiger partial charge in [-0.1, -0.05) is 35.9 Å². The summed E-state index contributed by atoms with van der Waals surface area (Å²) < 4.78 is 14.0. The molecule has 116 valence electrons. The number of nitrogens with zero attached hydrogens (tertiary/aromatic N) is 1. The van der Waals surface area contributed by atoms with E-state index in [1.165, 1.54) is 22.9 Å². The minimum absolute atomic E-state index is 0.0157. The third kappa shape index (κ3) is 3.14. The van der Waals surface area contributed by atoms with Gasteiger partial charge in [-0.3, -0.25) is 0 Å². The van der Waals surface area contributed by atoms with Crippen LogP contribution in [0.3, 0.4) is 0 Å². The Morgan fingerprint density at radius 3 is 2.73 bits per heavy atom. The summed E-state index contributed by atoms with van der Waals surface area (Å²) >= 11 is 0. The van der Waals surface area contributed by atoms with E-state index in [4.69, 9.17) is 0 Å². The lowest BCUT2D eigenvalue weighted by Gasteiger charge is -2.32. The van der Waals surface area contributed by atoms with E-state index >= 15 is 0 Å². The molecule has 0 radical (unpaired) electrons. The van der Waals surface area contributed by atoms with Crippen LogP contribution in [0.1, 0.15) is 30.5 Å². The highest BCUT2D eigenvalue weighted by atomic mass is 19.1. The summed E-state index contributed by atoms with van der Waals surface area (Å²) in [5.41, 5.74) is 4.46. The first-order valence-electron chi connectivity index (χ1n) is 7.77. The highest BCUT2D eigenvalue weighted by Crippen LogP contribution is 2.29. The molecule has 0 fully saturated rings. The first-order chi connectivity index (χ1) is 10.4. The lowest BCUT2D eigenvalue weighted by Crippen LogP contribution is -2.46. The molecule has 0 bridgehead atoms. The fourth-order valence-corrected chi connectivity index (χ4v) is 3.09. The van der Waals surface area contributed by atoms with Gasteiger partial charge >= 0.3 is 0 Å². The van der Waals surface area contributed by atoms with Gasteiger partial charge in [0, 0.05) is 36.4 Å². The van der Waals surface area contributed by atoms with Gasteiger partial charge in [0.05, 0.1) is 0 Å². The minimum atomic E-state index is -0.133. The van der Waals surface area contributed by atoms with Crippen molar-refractivity contribution in [2.75, 3.05) is 11.4 Å². The summed E-state index contributed by atoms with van der Waals surface area (Å²) in [5.74, 6) is -0.133. The molecule has 0 amide bonds. The Morgan fingerprint density at radius 1 is 1.18 bits per heavy atom. The Labute approximate surface area is 132 Å². The van der Waals surface area contributed by atoms with Gasteiger partial charge in [0.25, 0.3) is 0 Å². The number of fused-ring (bicyclic) bond motifs is 1. The second-order valence-electron chi connectivity index (χ2n) is 6.82. The number of anilines is 1. The number of nitrogens with one attached hydrogen (secondary N) is 1. The molecule has 1 aliphatic rings. The van der Waals surface area contributed by atoms with E-state index in [0.29, 0.717) is 6.54 Å². The second-order valence-corrected chi connectivity index (χ2v) is 6.82. The molecule has 2 aromatic rings. The molecule has 2 aromatic carbocycles. The monoisotopic (exact) mass is 298 g/mol. The summed E-state index contributed by atoms with van der Waals surface area (Å²) in [7, 11) is 0. The van der Waals surface area contributed by atoms with E-state index in [1.807, 2.05) is 12.1 Å². The van der Waals surface area contributed by atoms with E-state index in [9.17, 15) is 4.39 Å². The normalized spacial score (nSPS) is 17.0. The predicted octanol–water partition coefficient (Wildman–Crippen LogP) is 4.02. The maximum atomic E-state index is 14.0. The number of aryl methyl sites for hydroxylation is 1. The average Bonchev–Trinajstić information content (AvgIpc) is 2.58. The lowest BCUT2D eigenvalue weighted by molar-refractivity contribution is 0.394. The third-order valence-electron chi connectivity index (χ3n) is 4.24. The molecule has 0 spiro atoms. The summed E-state index contributed by atoms with van der Waals surface area (Å²) in [6.07, 6.45) is 0. The molecule has 3 heteroatoms. The van der Waals surface area contributed by atoms with Crippen LogP contribution in [0, 0.1) is 12.7 Å². The molecule has 0 saturated heterocycles. The van der Waals surface area contributed by atoms with Gasteiger partial charge in [0.2, 0.25) is 0 Å². The molecule has 1 heterocycles. The maximum Gasteiger partial charge on any atom is 0.128 e. The molecule has 0 saturated carbocycles. The van der Waals surface area contributed by atoms with E-state index < -0.39 is 0 Å². The van der Waals surface area contributed by atoms with E-state index in [2.05, 4.69) is 49.2 Å². The highest BCUT2D eigenvalue weighted by Gasteiger charge is 2.27. The topological polar surface area (TPSA) is 15.3 Å². The smallest absolute Gasteiger partial charge is 0.128 e. The minimum Gasteiger partial charge on any atom is -0.365 e. The fraction of sp³-hybridized carbons (Fsp3) is 0.368. The molecule has 3 rings (SSSR count). The zero-order valence-corrected chi connectivity index (χ0v) is 13.5. The molecule has 0 atom stereocenters. The molecule has 22 heavy (non-hydrogen) atoms. The van der Waals surface area contributed by atoms with Crippen molar-refractivity contribution in [3.63, 3.8) is 0 Å². The van der Waals surface area contributed by atoms with Gasteiger partial charge in [-0.25, -0.2) is 4.39 Å². The number of hydrogen-bond donors (Lipinski definition) is 1. The largest absolute Gasteiger partial charge is 0.365 e. The number of hydrogen-bond acceptors (Lipinski definition) is 2. The molecular weight excluding hydrogens is 275 g/mol. The highest BCUT2D eigenvalue weighted by molar-refractivity contribution is 5.56. The van der Waals surface area contributed by atoms with Gasteiger partial charge in [-0.15, -0.1) is 0 Å². The Hall–Kier alpha value is -1.87. The van der Waals surface area contributed by atoms with Crippen molar-refractivity contribution in [2.45, 2.75) is 39.4 Å². The van der Waals surface area contributed by atoms with Crippen molar-refractivity contribution in [3.8, 4) is 0 Å². The Morgan fingerprint density at radius 2 is 1.95 bits per heavy atom. The molecule has 2 nitrogen and oxygen atoms in total. The summed E-state index contributed by atoms with van der Waals surface area (Å²) in [6.45, 7) is 8.78. The third-order valence-corrected chi connectivity index (χ3v) is 4.24. The van der Waals surface area contributed by atoms with Gasteiger partial charge in [-0.2, -0.15) is 0 Å². The van der Waals surface area contributed by atoms with Crippen LogP contribution in [0.4, 0.5) is 10.1 Å². The quantitative estimate of drug-likeness (QED) is 0.901. The lowest BCUT2D eigenvalue weighted by atomic mass is 10.0. The summed E-state index contributed by atoms with van der Waals surface area (Å²) in [4.78, 5) is 2.28. The molecule has 0 aromatic heterocycles. The van der Waals surface area contributed by atoms with Crippen LogP contribution in [-0.2, 0) is 13.1 Å². The van der Waals surface area contributed by atoms with Crippen molar-refractivity contribution < 1.29 is 4.39 Å². The maximum absolute atomic E-state index is 14.0. The van der Waals surface area contributed by atoms with Gasteiger partial charge < -0.3 is 10.2 Å². The number of halogens is 1. The van der Waals surface area contributed by atoms with Gasteiger partial charge in [0.15, 0.2) is 0 Å². The number of benzene rings is 2. The molecule has 1 aliphatic heterocycles. The fourth-order valence-electron chi connectivity index (χ4n) is 3.09. The average molecular weight is 298 g/mol. The van der Waals surface area contributed by atoms with Crippen molar-refractivity contribution in [1.82, 2.24) is 5.32 Å². The van der Waals surface area contributed by atoms with Crippen LogP contribution in [0.5, 0.6) is 0 Å². The van der Waals surface area contributed by atoms with Crippen molar-refractivity contribution in [1.29, 1.82) is 0 Å². The molecule has 0 aliphatic carbocycles. The van der Waals surface area contributed by atoms with E-state index in [0.717, 1.165) is 18.7 Å². The molecular formula is C19H23FN2. The van der Waals surface area contributed by atoms with Gasteiger partial charge in [-0.05, 0) is 38.5 Å². The van der Waals surface area contributed by atoms with Crippen molar-refractivity contribution in [3.05, 3.63) is 65.0 Å². The Balaban J connectivity index is 1.99. The SMILES string of the molecule is Cc1ccc2c(c1)CNC(C)(C)CN2Cc1ccccc1F. The van der Waals surface area contributed by atoms with E-state index in [-0.39, 0.29) is 11.4 Å². The van der Waals surface area contributed by atoms with Crippen molar-refractivity contribution >= 4 is 5.69 Å².